The molecular weight excluding hydrogens is 296 g/mol. The summed E-state index contributed by atoms with van der Waals surface area (Å²) in [6.45, 7) is 0.451. The summed E-state index contributed by atoms with van der Waals surface area (Å²) in [5.41, 5.74) is 0.0283. The molecule has 1 saturated carbocycles. The lowest BCUT2D eigenvalue weighted by atomic mass is 9.90. The Morgan fingerprint density at radius 3 is 2.67 bits per heavy atom. The molecule has 0 aromatic heterocycles. The van der Waals surface area contributed by atoms with E-state index in [0.29, 0.717) is 13.0 Å². The summed E-state index contributed by atoms with van der Waals surface area (Å²) in [5.74, 6) is -0.265. The van der Waals surface area contributed by atoms with Gasteiger partial charge in [-0.15, -0.1) is 0 Å². The average molecular weight is 313 g/mol. The molecule has 0 aliphatic heterocycles. The highest BCUT2D eigenvalue weighted by atomic mass is 35.5. The molecule has 0 saturated heterocycles. The maximum atomic E-state index is 12.6. The van der Waals surface area contributed by atoms with E-state index in [4.69, 9.17) is 16.7 Å². The second kappa shape index (κ2) is 6.87. The SMILES string of the molecule is O=C(c1cc(Cl)cc([N+](=O)[O-])c1)N(CCCO)C1CCC1. The number of nitro groups is 1. The van der Waals surface area contributed by atoms with E-state index in [1.54, 1.807) is 4.90 Å². The molecule has 114 valence electrons. The minimum Gasteiger partial charge on any atom is -0.396 e. The first kappa shape index (κ1) is 15.7. The second-order valence-corrected chi connectivity index (χ2v) is 5.55. The van der Waals surface area contributed by atoms with Crippen molar-refractivity contribution in [2.75, 3.05) is 13.2 Å². The van der Waals surface area contributed by atoms with Crippen LogP contribution in [0.4, 0.5) is 5.69 Å². The molecule has 1 aliphatic rings. The van der Waals surface area contributed by atoms with E-state index in [-0.39, 0.29) is 34.8 Å². The molecule has 1 aromatic rings. The number of halogens is 1. The molecule has 1 N–H and O–H groups in total. The molecule has 0 spiro atoms. The number of benzene rings is 1. The fourth-order valence-corrected chi connectivity index (χ4v) is 2.59. The van der Waals surface area contributed by atoms with Gasteiger partial charge >= 0.3 is 0 Å². The number of aliphatic hydroxyl groups excluding tert-OH is 1. The van der Waals surface area contributed by atoms with Crippen LogP contribution in [-0.4, -0.2) is 40.0 Å². The first-order chi connectivity index (χ1) is 10.0. The standard InChI is InChI=1S/C14H17ClN2O4/c15-11-7-10(8-13(9-11)17(20)21)14(19)16(5-2-6-18)12-3-1-4-12/h7-9,12,18H,1-6H2. The summed E-state index contributed by atoms with van der Waals surface area (Å²) in [4.78, 5) is 24.6. The Kier molecular flexibility index (Phi) is 5.14. The Bertz CT molecular complexity index is 546. The third-order valence-corrected chi connectivity index (χ3v) is 3.89. The number of carbonyl (C=O) groups is 1. The lowest BCUT2D eigenvalue weighted by molar-refractivity contribution is -0.384. The first-order valence-corrected chi connectivity index (χ1v) is 7.27. The zero-order chi connectivity index (χ0) is 15.4. The van der Waals surface area contributed by atoms with Gasteiger partial charge in [-0.1, -0.05) is 11.6 Å². The van der Waals surface area contributed by atoms with E-state index in [2.05, 4.69) is 0 Å². The van der Waals surface area contributed by atoms with Gasteiger partial charge in [0.2, 0.25) is 0 Å². The molecule has 1 aromatic carbocycles. The van der Waals surface area contributed by atoms with Crippen LogP contribution >= 0.6 is 11.6 Å². The third kappa shape index (κ3) is 3.71. The number of rotatable bonds is 6. The number of aliphatic hydroxyl groups is 1. The molecule has 0 bridgehead atoms. The van der Waals surface area contributed by atoms with Crippen LogP contribution in [0.15, 0.2) is 18.2 Å². The van der Waals surface area contributed by atoms with Crippen molar-refractivity contribution in [2.24, 2.45) is 0 Å². The van der Waals surface area contributed by atoms with Crippen LogP contribution in [0.5, 0.6) is 0 Å². The van der Waals surface area contributed by atoms with E-state index in [1.165, 1.54) is 18.2 Å². The maximum Gasteiger partial charge on any atom is 0.271 e. The lowest BCUT2D eigenvalue weighted by Crippen LogP contribution is -2.45. The van der Waals surface area contributed by atoms with E-state index in [0.717, 1.165) is 19.3 Å². The van der Waals surface area contributed by atoms with Gasteiger partial charge in [0.25, 0.3) is 11.6 Å². The van der Waals surface area contributed by atoms with Gasteiger partial charge in [0, 0.05) is 41.9 Å². The largest absolute Gasteiger partial charge is 0.396 e. The smallest absolute Gasteiger partial charge is 0.271 e. The molecule has 7 heteroatoms. The van der Waals surface area contributed by atoms with Crippen LogP contribution in [-0.2, 0) is 0 Å². The average Bonchev–Trinajstić information content (AvgIpc) is 2.39. The number of hydrogen-bond donors (Lipinski definition) is 1. The third-order valence-electron chi connectivity index (χ3n) is 3.67. The van der Waals surface area contributed by atoms with Crippen LogP contribution < -0.4 is 0 Å². The first-order valence-electron chi connectivity index (χ1n) is 6.89. The Hall–Kier alpha value is -1.66. The van der Waals surface area contributed by atoms with Crippen LogP contribution in [0.3, 0.4) is 0 Å². The normalized spacial score (nSPS) is 14.6. The summed E-state index contributed by atoms with van der Waals surface area (Å²) < 4.78 is 0. The van der Waals surface area contributed by atoms with Gasteiger partial charge < -0.3 is 10.0 Å². The quantitative estimate of drug-likeness (QED) is 0.646. The van der Waals surface area contributed by atoms with Gasteiger partial charge in [-0.25, -0.2) is 0 Å². The molecule has 6 nitrogen and oxygen atoms in total. The van der Waals surface area contributed by atoms with Crippen molar-refractivity contribution in [1.29, 1.82) is 0 Å². The van der Waals surface area contributed by atoms with Gasteiger partial charge in [-0.2, -0.15) is 0 Å². The zero-order valence-electron chi connectivity index (χ0n) is 11.5. The predicted octanol–water partition coefficient (Wildman–Crippen LogP) is 2.63. The lowest BCUT2D eigenvalue weighted by Gasteiger charge is -2.37. The van der Waals surface area contributed by atoms with Crippen LogP contribution in [0, 0.1) is 10.1 Å². The molecule has 0 unspecified atom stereocenters. The number of carbonyl (C=O) groups excluding carboxylic acids is 1. The summed E-state index contributed by atoms with van der Waals surface area (Å²) in [6.07, 6.45) is 3.42. The van der Waals surface area contributed by atoms with E-state index in [1.807, 2.05) is 0 Å². The van der Waals surface area contributed by atoms with Crippen molar-refractivity contribution in [3.63, 3.8) is 0 Å². The predicted molar refractivity (Wildman–Crippen MR) is 78.5 cm³/mol. The number of amides is 1. The maximum absolute atomic E-state index is 12.6. The molecule has 1 aliphatic carbocycles. The number of non-ortho nitro benzene ring substituents is 1. The Morgan fingerprint density at radius 2 is 2.14 bits per heavy atom. The van der Waals surface area contributed by atoms with Crippen molar-refractivity contribution >= 4 is 23.2 Å². The minimum absolute atomic E-state index is 0.00614. The molecular formula is C14H17ClN2O4. The van der Waals surface area contributed by atoms with Gasteiger partial charge in [0.05, 0.1) is 4.92 Å². The molecule has 2 rings (SSSR count). The summed E-state index contributed by atoms with van der Waals surface area (Å²) in [5, 5.41) is 20.0. The van der Waals surface area contributed by atoms with Crippen LogP contribution in [0.2, 0.25) is 5.02 Å². The van der Waals surface area contributed by atoms with Crippen molar-refractivity contribution in [3.8, 4) is 0 Å². The second-order valence-electron chi connectivity index (χ2n) is 5.12. The molecule has 1 amide bonds. The van der Waals surface area contributed by atoms with E-state index >= 15 is 0 Å². The van der Waals surface area contributed by atoms with Crippen molar-refractivity contribution in [1.82, 2.24) is 4.90 Å². The highest BCUT2D eigenvalue weighted by Gasteiger charge is 2.29. The van der Waals surface area contributed by atoms with Crippen LogP contribution in [0.1, 0.15) is 36.0 Å². The number of nitro benzene ring substituents is 1. The highest BCUT2D eigenvalue weighted by Crippen LogP contribution is 2.28. The van der Waals surface area contributed by atoms with Gasteiger partial charge in [-0.3, -0.25) is 14.9 Å². The minimum atomic E-state index is -0.565. The van der Waals surface area contributed by atoms with Crippen molar-refractivity contribution in [2.45, 2.75) is 31.7 Å². The number of nitrogens with zero attached hydrogens (tertiary/aromatic N) is 2. The molecule has 0 atom stereocenters. The Morgan fingerprint density at radius 1 is 1.43 bits per heavy atom. The summed E-state index contributed by atoms with van der Waals surface area (Å²) >= 11 is 5.86. The van der Waals surface area contributed by atoms with Gasteiger partial charge in [-0.05, 0) is 31.7 Å². The van der Waals surface area contributed by atoms with E-state index in [9.17, 15) is 14.9 Å². The van der Waals surface area contributed by atoms with Crippen molar-refractivity contribution < 1.29 is 14.8 Å². The fraction of sp³-hybridized carbons (Fsp3) is 0.500. The molecule has 0 radical (unpaired) electrons. The topological polar surface area (TPSA) is 83.7 Å². The molecule has 0 heterocycles. The number of hydrogen-bond acceptors (Lipinski definition) is 4. The van der Waals surface area contributed by atoms with Gasteiger partial charge in [0.15, 0.2) is 0 Å². The van der Waals surface area contributed by atoms with E-state index < -0.39 is 4.92 Å². The Balaban J connectivity index is 2.24. The summed E-state index contributed by atoms with van der Waals surface area (Å²) in [7, 11) is 0. The van der Waals surface area contributed by atoms with Crippen molar-refractivity contribution in [3.05, 3.63) is 38.9 Å². The highest BCUT2D eigenvalue weighted by molar-refractivity contribution is 6.31. The Labute approximate surface area is 127 Å². The summed E-state index contributed by atoms with van der Waals surface area (Å²) in [6, 6.07) is 4.07. The molecule has 1 fully saturated rings. The van der Waals surface area contributed by atoms with Crippen LogP contribution in [0.25, 0.3) is 0 Å². The zero-order valence-corrected chi connectivity index (χ0v) is 12.3. The van der Waals surface area contributed by atoms with Gasteiger partial charge in [0.1, 0.15) is 0 Å². The molecule has 21 heavy (non-hydrogen) atoms. The monoisotopic (exact) mass is 312 g/mol. The fourth-order valence-electron chi connectivity index (χ4n) is 2.36.